The summed E-state index contributed by atoms with van der Waals surface area (Å²) in [4.78, 5) is 2.22. The Balaban J connectivity index is 2.22. The maximum absolute atomic E-state index is 13.1. The summed E-state index contributed by atoms with van der Waals surface area (Å²) >= 11 is 9.50. The summed E-state index contributed by atoms with van der Waals surface area (Å²) in [6.45, 7) is 6.46. The third-order valence-electron chi connectivity index (χ3n) is 3.85. The van der Waals surface area contributed by atoms with Crippen LogP contribution in [0.2, 0.25) is 5.02 Å². The van der Waals surface area contributed by atoms with Crippen molar-refractivity contribution < 1.29 is 4.39 Å². The number of anilines is 1. The number of rotatable bonds is 3. The monoisotopic (exact) mass is 319 g/mol. The van der Waals surface area contributed by atoms with E-state index in [4.69, 9.17) is 11.6 Å². The molecule has 0 bridgehead atoms. The molecule has 94 valence electrons. The molecule has 0 aromatic heterocycles. The van der Waals surface area contributed by atoms with Gasteiger partial charge in [0.2, 0.25) is 0 Å². The van der Waals surface area contributed by atoms with Crippen LogP contribution in [0.15, 0.2) is 16.6 Å². The molecule has 0 spiro atoms. The van der Waals surface area contributed by atoms with E-state index in [1.54, 1.807) is 0 Å². The van der Waals surface area contributed by atoms with Crippen LogP contribution in [0, 0.1) is 11.2 Å². The van der Waals surface area contributed by atoms with E-state index in [2.05, 4.69) is 34.7 Å². The molecule has 1 nitrogen and oxygen atoms in total. The molecule has 2 rings (SSSR count). The van der Waals surface area contributed by atoms with Crippen LogP contribution >= 0.6 is 27.5 Å². The van der Waals surface area contributed by atoms with Crippen molar-refractivity contribution in [2.45, 2.75) is 26.7 Å². The summed E-state index contributed by atoms with van der Waals surface area (Å²) < 4.78 is 13.9. The lowest BCUT2D eigenvalue weighted by molar-refractivity contribution is 0.194. The fourth-order valence-electron chi connectivity index (χ4n) is 2.46. The minimum Gasteiger partial charge on any atom is -0.368 e. The molecule has 0 atom stereocenters. The molecule has 17 heavy (non-hydrogen) atoms. The van der Waals surface area contributed by atoms with E-state index in [1.165, 1.54) is 25.0 Å². The van der Waals surface area contributed by atoms with Crippen LogP contribution in [0.5, 0.6) is 0 Å². The van der Waals surface area contributed by atoms with E-state index in [0.717, 1.165) is 23.2 Å². The topological polar surface area (TPSA) is 3.24 Å². The third-order valence-corrected chi connectivity index (χ3v) is 4.74. The summed E-state index contributed by atoms with van der Waals surface area (Å²) in [7, 11) is 0. The molecule has 1 aliphatic rings. The smallest absolute Gasteiger partial charge is 0.125 e. The molecule has 0 radical (unpaired) electrons. The highest BCUT2D eigenvalue weighted by molar-refractivity contribution is 9.10. The molecule has 1 aromatic carbocycles. The van der Waals surface area contributed by atoms with Gasteiger partial charge in [0.1, 0.15) is 5.82 Å². The van der Waals surface area contributed by atoms with Gasteiger partial charge < -0.3 is 4.90 Å². The quantitative estimate of drug-likeness (QED) is 0.768. The molecule has 0 saturated carbocycles. The maximum atomic E-state index is 13.1. The van der Waals surface area contributed by atoms with E-state index < -0.39 is 0 Å². The molecule has 4 heteroatoms. The van der Waals surface area contributed by atoms with Gasteiger partial charge in [0.05, 0.1) is 10.7 Å². The van der Waals surface area contributed by atoms with Crippen LogP contribution in [-0.2, 0) is 0 Å². The zero-order valence-electron chi connectivity index (χ0n) is 10.1. The van der Waals surface area contributed by atoms with Crippen molar-refractivity contribution in [2.75, 3.05) is 18.0 Å². The first kappa shape index (κ1) is 13.2. The van der Waals surface area contributed by atoms with Gasteiger partial charge in [-0.15, -0.1) is 0 Å². The fraction of sp³-hybridized carbons (Fsp3) is 0.538. The van der Waals surface area contributed by atoms with E-state index >= 15 is 0 Å². The Morgan fingerprint density at radius 1 is 1.35 bits per heavy atom. The number of hydrogen-bond acceptors (Lipinski definition) is 1. The predicted octanol–water partition coefficient (Wildman–Crippen LogP) is 4.87. The minimum atomic E-state index is -0.302. The van der Waals surface area contributed by atoms with E-state index in [9.17, 15) is 4.39 Å². The Bertz CT molecular complexity index is 400. The second-order valence-corrected chi connectivity index (χ2v) is 6.04. The first-order chi connectivity index (χ1) is 8.01. The summed E-state index contributed by atoms with van der Waals surface area (Å²) in [5.74, 6) is -0.302. The predicted molar refractivity (Wildman–Crippen MR) is 74.3 cm³/mol. The fourth-order valence-corrected chi connectivity index (χ4v) is 3.58. The molecular formula is C13H16BrClFN. The van der Waals surface area contributed by atoms with E-state index in [1.807, 2.05) is 0 Å². The summed E-state index contributed by atoms with van der Waals surface area (Å²) in [6.07, 6.45) is 2.35. The van der Waals surface area contributed by atoms with Crippen molar-refractivity contribution in [3.8, 4) is 0 Å². The number of nitrogens with zero attached hydrogens (tertiary/aromatic N) is 1. The maximum Gasteiger partial charge on any atom is 0.125 e. The Hall–Kier alpha value is -0.280. The highest BCUT2D eigenvalue weighted by Crippen LogP contribution is 2.45. The lowest BCUT2D eigenvalue weighted by Crippen LogP contribution is -2.56. The van der Waals surface area contributed by atoms with Crippen molar-refractivity contribution >= 4 is 33.2 Å². The molecular weight excluding hydrogens is 305 g/mol. The van der Waals surface area contributed by atoms with Gasteiger partial charge in [0, 0.05) is 23.0 Å². The van der Waals surface area contributed by atoms with Crippen LogP contribution in [0.1, 0.15) is 26.7 Å². The van der Waals surface area contributed by atoms with Crippen LogP contribution in [0.3, 0.4) is 0 Å². The summed E-state index contributed by atoms with van der Waals surface area (Å²) in [5, 5.41) is 0.484. The molecule has 0 aliphatic carbocycles. The zero-order chi connectivity index (χ0) is 12.6. The highest BCUT2D eigenvalue weighted by Gasteiger charge is 2.41. The van der Waals surface area contributed by atoms with Gasteiger partial charge >= 0.3 is 0 Å². The first-order valence-electron chi connectivity index (χ1n) is 5.91. The van der Waals surface area contributed by atoms with Gasteiger partial charge in [-0.2, -0.15) is 0 Å². The number of hydrogen-bond donors (Lipinski definition) is 0. The standard InChI is InChI=1S/C13H16BrClFN/c1-3-13(4-2)7-17(8-13)12-10(14)5-9(16)6-11(12)15/h5-6H,3-4,7-8H2,1-2H3. The highest BCUT2D eigenvalue weighted by atomic mass is 79.9. The molecule has 1 fully saturated rings. The van der Waals surface area contributed by atoms with Gasteiger partial charge in [-0.25, -0.2) is 4.39 Å². The van der Waals surface area contributed by atoms with Crippen LogP contribution in [0.4, 0.5) is 10.1 Å². The molecule has 1 aromatic rings. The Morgan fingerprint density at radius 2 is 1.94 bits per heavy atom. The van der Waals surface area contributed by atoms with E-state index in [0.29, 0.717) is 10.4 Å². The normalized spacial score (nSPS) is 18.1. The lowest BCUT2D eigenvalue weighted by Gasteiger charge is -2.51. The Morgan fingerprint density at radius 3 is 2.41 bits per heavy atom. The average molecular weight is 321 g/mol. The van der Waals surface area contributed by atoms with Crippen molar-refractivity contribution in [2.24, 2.45) is 5.41 Å². The van der Waals surface area contributed by atoms with E-state index in [-0.39, 0.29) is 5.82 Å². The Labute approximate surface area is 115 Å². The van der Waals surface area contributed by atoms with Crippen LogP contribution in [0.25, 0.3) is 0 Å². The van der Waals surface area contributed by atoms with Crippen molar-refractivity contribution in [1.29, 1.82) is 0 Å². The molecule has 0 unspecified atom stereocenters. The Kier molecular flexibility index (Phi) is 3.69. The number of benzene rings is 1. The SMILES string of the molecule is CCC1(CC)CN(c2c(Cl)cc(F)cc2Br)C1. The summed E-state index contributed by atoms with van der Waals surface area (Å²) in [6, 6.07) is 2.85. The minimum absolute atomic E-state index is 0.302. The second kappa shape index (κ2) is 4.77. The molecule has 1 saturated heterocycles. The molecule has 0 amide bonds. The van der Waals surface area contributed by atoms with Gasteiger partial charge in [-0.05, 0) is 40.9 Å². The zero-order valence-corrected chi connectivity index (χ0v) is 12.4. The molecule has 1 aliphatic heterocycles. The van der Waals surface area contributed by atoms with Crippen LogP contribution in [-0.4, -0.2) is 13.1 Å². The van der Waals surface area contributed by atoms with Gasteiger partial charge in [-0.1, -0.05) is 25.4 Å². The molecule has 0 N–H and O–H groups in total. The van der Waals surface area contributed by atoms with Gasteiger partial charge in [0.15, 0.2) is 0 Å². The second-order valence-electron chi connectivity index (χ2n) is 4.78. The van der Waals surface area contributed by atoms with Crippen LogP contribution < -0.4 is 4.90 Å². The van der Waals surface area contributed by atoms with Gasteiger partial charge in [0.25, 0.3) is 0 Å². The lowest BCUT2D eigenvalue weighted by atomic mass is 9.75. The summed E-state index contributed by atoms with van der Waals surface area (Å²) in [5.41, 5.74) is 1.34. The largest absolute Gasteiger partial charge is 0.368 e. The van der Waals surface area contributed by atoms with Crippen molar-refractivity contribution in [3.05, 3.63) is 27.4 Å². The van der Waals surface area contributed by atoms with Gasteiger partial charge in [-0.3, -0.25) is 0 Å². The van der Waals surface area contributed by atoms with Crippen molar-refractivity contribution in [3.63, 3.8) is 0 Å². The first-order valence-corrected chi connectivity index (χ1v) is 7.08. The average Bonchev–Trinajstić information content (AvgIpc) is 2.20. The molecule has 1 heterocycles. The number of halogens is 3. The van der Waals surface area contributed by atoms with Crippen molar-refractivity contribution in [1.82, 2.24) is 0 Å². The third kappa shape index (κ3) is 2.32.